The zero-order chi connectivity index (χ0) is 7.66. The highest BCUT2D eigenvalue weighted by Gasteiger charge is 1.67. The topological polar surface area (TPSA) is 0 Å². The molecule has 10 heavy (non-hydrogen) atoms. The summed E-state index contributed by atoms with van der Waals surface area (Å²) in [5.74, 6) is 0. The molecule has 0 spiro atoms. The molecular weight excluding hydrogens is 120 g/mol. The molecule has 0 rings (SSSR count). The molecule has 0 aliphatic heterocycles. The maximum Gasteiger partial charge on any atom is -0.0166 e. The third kappa shape index (κ3) is 7.22. The van der Waals surface area contributed by atoms with E-state index in [1.54, 1.807) is 0 Å². The Kier molecular flexibility index (Phi) is 7.58. The van der Waals surface area contributed by atoms with Crippen LogP contribution in [0.15, 0.2) is 36.5 Å². The predicted molar refractivity (Wildman–Crippen MR) is 47.7 cm³/mol. The lowest BCUT2D eigenvalue weighted by molar-refractivity contribution is 1.31. The van der Waals surface area contributed by atoms with Gasteiger partial charge in [0.25, 0.3) is 0 Å². The van der Waals surface area contributed by atoms with Crippen LogP contribution in [0.2, 0.25) is 0 Å². The van der Waals surface area contributed by atoms with Gasteiger partial charge in [0.05, 0.1) is 0 Å². The summed E-state index contributed by atoms with van der Waals surface area (Å²) in [7, 11) is 0. The van der Waals surface area contributed by atoms with Crippen LogP contribution in [0.1, 0.15) is 19.8 Å². The quantitative estimate of drug-likeness (QED) is 0.410. The van der Waals surface area contributed by atoms with Crippen LogP contribution < -0.4 is 0 Å². The van der Waals surface area contributed by atoms with Crippen molar-refractivity contribution in [3.05, 3.63) is 43.4 Å². The second-order valence-corrected chi connectivity index (χ2v) is 1.95. The molecule has 0 aromatic heterocycles. The van der Waals surface area contributed by atoms with Crippen molar-refractivity contribution < 1.29 is 0 Å². The van der Waals surface area contributed by atoms with Gasteiger partial charge in [-0.15, -0.1) is 0 Å². The van der Waals surface area contributed by atoms with E-state index in [2.05, 4.69) is 25.2 Å². The molecule has 0 aromatic rings. The van der Waals surface area contributed by atoms with Crippen LogP contribution in [0.4, 0.5) is 0 Å². The SMILES string of the molecule is [CH2]C/C=C/C/C=C/C=C/C. The third-order valence-electron chi connectivity index (χ3n) is 1.05. The van der Waals surface area contributed by atoms with Crippen molar-refractivity contribution in [1.29, 1.82) is 0 Å². The van der Waals surface area contributed by atoms with Crippen molar-refractivity contribution in [1.82, 2.24) is 0 Å². The van der Waals surface area contributed by atoms with Crippen LogP contribution in [0.25, 0.3) is 0 Å². The molecule has 0 saturated carbocycles. The molecular formula is C10H15. The second-order valence-electron chi connectivity index (χ2n) is 1.95. The Bertz CT molecular complexity index is 127. The van der Waals surface area contributed by atoms with E-state index in [9.17, 15) is 0 Å². The predicted octanol–water partition coefficient (Wildman–Crippen LogP) is 3.29. The molecule has 0 bridgehead atoms. The first-order chi connectivity index (χ1) is 4.91. The van der Waals surface area contributed by atoms with E-state index < -0.39 is 0 Å². The maximum atomic E-state index is 3.69. The zero-order valence-corrected chi connectivity index (χ0v) is 6.59. The van der Waals surface area contributed by atoms with Crippen molar-refractivity contribution in [2.45, 2.75) is 19.8 Å². The minimum absolute atomic E-state index is 0.886. The molecule has 0 fully saturated rings. The van der Waals surface area contributed by atoms with Crippen LogP contribution in [0, 0.1) is 6.92 Å². The smallest absolute Gasteiger partial charge is 0.0166 e. The molecule has 1 radical (unpaired) electrons. The van der Waals surface area contributed by atoms with Crippen LogP contribution in [0.3, 0.4) is 0 Å². The first-order valence-electron chi connectivity index (χ1n) is 3.64. The normalized spacial score (nSPS) is 12.6. The molecule has 0 nitrogen and oxygen atoms in total. The number of allylic oxidation sites excluding steroid dienone is 6. The molecule has 0 amide bonds. The highest BCUT2D eigenvalue weighted by molar-refractivity contribution is 5.03. The molecule has 0 atom stereocenters. The summed E-state index contributed by atoms with van der Waals surface area (Å²) in [6, 6.07) is 0. The van der Waals surface area contributed by atoms with Gasteiger partial charge in [0.2, 0.25) is 0 Å². The minimum atomic E-state index is 0.886. The summed E-state index contributed by atoms with van der Waals surface area (Å²) in [5.41, 5.74) is 0. The van der Waals surface area contributed by atoms with Gasteiger partial charge in [-0.1, -0.05) is 36.5 Å². The number of rotatable bonds is 4. The fourth-order valence-electron chi connectivity index (χ4n) is 0.561. The van der Waals surface area contributed by atoms with Crippen molar-refractivity contribution in [3.8, 4) is 0 Å². The molecule has 0 aliphatic carbocycles. The first-order valence-corrected chi connectivity index (χ1v) is 3.64. The Morgan fingerprint density at radius 2 is 1.90 bits per heavy atom. The Labute approximate surface area is 64.0 Å². The van der Waals surface area contributed by atoms with Crippen LogP contribution >= 0.6 is 0 Å². The summed E-state index contributed by atoms with van der Waals surface area (Å²) in [5, 5.41) is 0. The van der Waals surface area contributed by atoms with Crippen LogP contribution in [0.5, 0.6) is 0 Å². The molecule has 0 aromatic carbocycles. The molecule has 0 N–H and O–H groups in total. The van der Waals surface area contributed by atoms with Crippen LogP contribution in [-0.4, -0.2) is 0 Å². The summed E-state index contributed by atoms with van der Waals surface area (Å²) in [4.78, 5) is 0. The molecule has 0 heteroatoms. The highest BCUT2D eigenvalue weighted by atomic mass is 13.7. The van der Waals surface area contributed by atoms with Gasteiger partial charge in [-0.3, -0.25) is 0 Å². The van der Waals surface area contributed by atoms with E-state index in [4.69, 9.17) is 0 Å². The largest absolute Gasteiger partial charge is 0.0882 e. The van der Waals surface area contributed by atoms with E-state index in [-0.39, 0.29) is 0 Å². The maximum absolute atomic E-state index is 3.69. The summed E-state index contributed by atoms with van der Waals surface area (Å²) in [6.45, 7) is 5.70. The van der Waals surface area contributed by atoms with Crippen molar-refractivity contribution in [2.75, 3.05) is 0 Å². The number of hydrogen-bond donors (Lipinski definition) is 0. The van der Waals surface area contributed by atoms with Crippen molar-refractivity contribution >= 4 is 0 Å². The molecule has 0 unspecified atom stereocenters. The van der Waals surface area contributed by atoms with Crippen LogP contribution in [-0.2, 0) is 0 Å². The van der Waals surface area contributed by atoms with Gasteiger partial charge in [0, 0.05) is 0 Å². The van der Waals surface area contributed by atoms with E-state index in [0.717, 1.165) is 12.8 Å². The van der Waals surface area contributed by atoms with E-state index in [1.165, 1.54) is 0 Å². The fraction of sp³-hybridized carbons (Fsp3) is 0.300. The first kappa shape index (κ1) is 9.22. The van der Waals surface area contributed by atoms with E-state index in [0.29, 0.717) is 0 Å². The van der Waals surface area contributed by atoms with Gasteiger partial charge in [0.1, 0.15) is 0 Å². The lowest BCUT2D eigenvalue weighted by atomic mass is 10.3. The third-order valence-corrected chi connectivity index (χ3v) is 1.05. The van der Waals surface area contributed by atoms with Gasteiger partial charge in [-0.2, -0.15) is 0 Å². The minimum Gasteiger partial charge on any atom is -0.0882 e. The van der Waals surface area contributed by atoms with Crippen molar-refractivity contribution in [2.24, 2.45) is 0 Å². The van der Waals surface area contributed by atoms with Gasteiger partial charge in [-0.25, -0.2) is 0 Å². The second kappa shape index (κ2) is 8.22. The summed E-state index contributed by atoms with van der Waals surface area (Å²) >= 11 is 0. The average Bonchev–Trinajstić information content (AvgIpc) is 1.97. The molecule has 0 aliphatic rings. The van der Waals surface area contributed by atoms with Gasteiger partial charge >= 0.3 is 0 Å². The van der Waals surface area contributed by atoms with E-state index in [1.807, 2.05) is 25.2 Å². The Morgan fingerprint density at radius 1 is 1.10 bits per heavy atom. The lowest BCUT2D eigenvalue weighted by Gasteiger charge is -1.78. The molecule has 0 saturated heterocycles. The van der Waals surface area contributed by atoms with Gasteiger partial charge < -0.3 is 0 Å². The standard InChI is InChI=1S/C10H15/c1-3-5-7-9-10-8-6-4-2/h4-8,10H,1,3,9H2,2H3/b6-4+,7-5+,10-8+. The Morgan fingerprint density at radius 3 is 2.50 bits per heavy atom. The average molecular weight is 135 g/mol. The Balaban J connectivity index is 3.26. The lowest BCUT2D eigenvalue weighted by Crippen LogP contribution is -1.57. The number of hydrogen-bond acceptors (Lipinski definition) is 0. The molecule has 0 heterocycles. The monoisotopic (exact) mass is 135 g/mol. The van der Waals surface area contributed by atoms with Gasteiger partial charge in [-0.05, 0) is 26.7 Å². The highest BCUT2D eigenvalue weighted by Crippen LogP contribution is 1.88. The fourth-order valence-corrected chi connectivity index (χ4v) is 0.561. The molecule has 55 valence electrons. The van der Waals surface area contributed by atoms with Gasteiger partial charge in [0.15, 0.2) is 0 Å². The summed E-state index contributed by atoms with van der Waals surface area (Å²) < 4.78 is 0. The van der Waals surface area contributed by atoms with Crippen molar-refractivity contribution in [3.63, 3.8) is 0 Å². The summed E-state index contributed by atoms with van der Waals surface area (Å²) in [6.07, 6.45) is 14.3. The Hall–Kier alpha value is -0.780. The van der Waals surface area contributed by atoms with E-state index >= 15 is 0 Å². The zero-order valence-electron chi connectivity index (χ0n) is 6.59.